The molecule has 25 heavy (non-hydrogen) atoms. The van der Waals surface area contributed by atoms with E-state index in [1.165, 1.54) is 7.11 Å². The van der Waals surface area contributed by atoms with Gasteiger partial charge in [0.05, 0.1) is 19.1 Å². The molecule has 0 saturated carbocycles. The summed E-state index contributed by atoms with van der Waals surface area (Å²) in [5.74, 6) is -0.814. The zero-order valence-corrected chi connectivity index (χ0v) is 14.6. The van der Waals surface area contributed by atoms with Crippen molar-refractivity contribution in [3.63, 3.8) is 0 Å². The SMILES string of the molecule is COC(=O)CCc1c(-c2ccccc2)c(C(N)=O)c(C)n1CCCO. The summed E-state index contributed by atoms with van der Waals surface area (Å²) in [6, 6.07) is 9.52. The van der Waals surface area contributed by atoms with Gasteiger partial charge in [0, 0.05) is 30.1 Å². The van der Waals surface area contributed by atoms with Crippen LogP contribution in [0, 0.1) is 6.92 Å². The van der Waals surface area contributed by atoms with Crippen LogP contribution >= 0.6 is 0 Å². The molecule has 0 atom stereocenters. The van der Waals surface area contributed by atoms with Gasteiger partial charge in [0.25, 0.3) is 5.91 Å². The summed E-state index contributed by atoms with van der Waals surface area (Å²) in [6.45, 7) is 2.43. The van der Waals surface area contributed by atoms with E-state index in [0.29, 0.717) is 24.9 Å². The maximum absolute atomic E-state index is 12.1. The largest absolute Gasteiger partial charge is 0.469 e. The smallest absolute Gasteiger partial charge is 0.305 e. The molecule has 3 N–H and O–H groups in total. The number of benzene rings is 1. The average Bonchev–Trinajstić information content (AvgIpc) is 2.90. The number of amides is 1. The van der Waals surface area contributed by atoms with Crippen LogP contribution in [0.4, 0.5) is 0 Å². The highest BCUT2D eigenvalue weighted by atomic mass is 16.5. The predicted molar refractivity (Wildman–Crippen MR) is 95.2 cm³/mol. The lowest BCUT2D eigenvalue weighted by Crippen LogP contribution is -2.13. The van der Waals surface area contributed by atoms with Crippen LogP contribution in [0.5, 0.6) is 0 Å². The summed E-state index contributed by atoms with van der Waals surface area (Å²) in [5, 5.41) is 9.19. The van der Waals surface area contributed by atoms with Crippen LogP contribution in [0.15, 0.2) is 30.3 Å². The molecule has 1 aromatic heterocycles. The molecule has 134 valence electrons. The molecule has 1 heterocycles. The lowest BCUT2D eigenvalue weighted by Gasteiger charge is -2.12. The molecule has 6 nitrogen and oxygen atoms in total. The first kappa shape index (κ1) is 18.7. The molecule has 0 radical (unpaired) electrons. The highest BCUT2D eigenvalue weighted by Gasteiger charge is 2.24. The molecule has 0 fully saturated rings. The summed E-state index contributed by atoms with van der Waals surface area (Å²) in [7, 11) is 1.35. The Morgan fingerprint density at radius 3 is 2.48 bits per heavy atom. The molecule has 0 saturated heterocycles. The molecule has 2 rings (SSSR count). The number of hydrogen-bond acceptors (Lipinski definition) is 4. The third kappa shape index (κ3) is 4.09. The van der Waals surface area contributed by atoms with Crippen molar-refractivity contribution in [1.82, 2.24) is 4.57 Å². The number of primary amides is 1. The molecule has 0 aliphatic heterocycles. The fourth-order valence-electron chi connectivity index (χ4n) is 3.13. The van der Waals surface area contributed by atoms with Crippen LogP contribution in [-0.2, 0) is 22.5 Å². The maximum Gasteiger partial charge on any atom is 0.305 e. The Morgan fingerprint density at radius 2 is 1.92 bits per heavy atom. The lowest BCUT2D eigenvalue weighted by molar-refractivity contribution is -0.140. The van der Waals surface area contributed by atoms with E-state index in [9.17, 15) is 14.7 Å². The lowest BCUT2D eigenvalue weighted by atomic mass is 9.98. The monoisotopic (exact) mass is 344 g/mol. The maximum atomic E-state index is 12.1. The number of hydrogen-bond donors (Lipinski definition) is 2. The third-order valence-corrected chi connectivity index (χ3v) is 4.27. The van der Waals surface area contributed by atoms with Gasteiger partial charge >= 0.3 is 5.97 Å². The molecule has 6 heteroatoms. The zero-order chi connectivity index (χ0) is 18.4. The Labute approximate surface area is 147 Å². The molecule has 0 unspecified atom stereocenters. The molecule has 2 aromatic rings. The molecule has 0 aliphatic carbocycles. The summed E-state index contributed by atoms with van der Waals surface area (Å²) in [5.41, 5.74) is 9.36. The van der Waals surface area contributed by atoms with Crippen molar-refractivity contribution in [2.75, 3.05) is 13.7 Å². The van der Waals surface area contributed by atoms with Gasteiger partial charge in [0.15, 0.2) is 0 Å². The Kier molecular flexibility index (Phi) is 6.36. The van der Waals surface area contributed by atoms with Crippen molar-refractivity contribution in [2.24, 2.45) is 5.73 Å². The summed E-state index contributed by atoms with van der Waals surface area (Å²) < 4.78 is 6.72. The van der Waals surface area contributed by atoms with Crippen molar-refractivity contribution >= 4 is 11.9 Å². The number of aliphatic hydroxyl groups is 1. The van der Waals surface area contributed by atoms with Crippen LogP contribution in [-0.4, -0.2) is 35.3 Å². The van der Waals surface area contributed by atoms with E-state index in [2.05, 4.69) is 0 Å². The van der Waals surface area contributed by atoms with Crippen LogP contribution in [0.25, 0.3) is 11.1 Å². The highest BCUT2D eigenvalue weighted by molar-refractivity contribution is 6.02. The number of carbonyl (C=O) groups excluding carboxylic acids is 2. The van der Waals surface area contributed by atoms with Crippen molar-refractivity contribution in [2.45, 2.75) is 32.7 Å². The average molecular weight is 344 g/mol. The summed E-state index contributed by atoms with van der Waals surface area (Å²) in [4.78, 5) is 23.7. The first-order valence-corrected chi connectivity index (χ1v) is 8.26. The number of nitrogens with zero attached hydrogens (tertiary/aromatic N) is 1. The number of esters is 1. The number of rotatable bonds is 8. The Bertz CT molecular complexity index is 751. The normalized spacial score (nSPS) is 10.7. The zero-order valence-electron chi connectivity index (χ0n) is 14.6. The van der Waals surface area contributed by atoms with Crippen LogP contribution in [0.1, 0.15) is 34.6 Å². The first-order chi connectivity index (χ1) is 12.0. The second kappa shape index (κ2) is 8.48. The van der Waals surface area contributed by atoms with Crippen LogP contribution < -0.4 is 5.73 Å². The fraction of sp³-hybridized carbons (Fsp3) is 0.368. The second-order valence-electron chi connectivity index (χ2n) is 5.82. The quantitative estimate of drug-likeness (QED) is 0.717. The highest BCUT2D eigenvalue weighted by Crippen LogP contribution is 2.33. The number of methoxy groups -OCH3 is 1. The van der Waals surface area contributed by atoms with E-state index < -0.39 is 5.91 Å². The standard InChI is InChI=1S/C19H24N2O4/c1-13-17(19(20)24)18(14-7-4-3-5-8-14)15(9-10-16(23)25-2)21(13)11-6-12-22/h3-5,7-8,22H,6,9-12H2,1-2H3,(H2,20,24). The molecular formula is C19H24N2O4. The summed E-state index contributed by atoms with van der Waals surface area (Å²) >= 11 is 0. The van der Waals surface area contributed by atoms with Gasteiger partial charge in [-0.15, -0.1) is 0 Å². The minimum atomic E-state index is -0.501. The molecule has 0 aliphatic rings. The van der Waals surface area contributed by atoms with Crippen molar-refractivity contribution in [1.29, 1.82) is 0 Å². The number of nitrogens with two attached hydrogens (primary N) is 1. The molecule has 1 amide bonds. The number of ether oxygens (including phenoxy) is 1. The predicted octanol–water partition coefficient (Wildman–Crippen LogP) is 2.05. The van der Waals surface area contributed by atoms with Gasteiger partial charge in [0.2, 0.25) is 0 Å². The van der Waals surface area contributed by atoms with Crippen LogP contribution in [0.2, 0.25) is 0 Å². The van der Waals surface area contributed by atoms with Gasteiger partial charge < -0.3 is 20.1 Å². The third-order valence-electron chi connectivity index (χ3n) is 4.27. The number of carbonyl (C=O) groups is 2. The number of aliphatic hydroxyl groups excluding tert-OH is 1. The van der Waals surface area contributed by atoms with E-state index in [4.69, 9.17) is 10.5 Å². The fourth-order valence-corrected chi connectivity index (χ4v) is 3.13. The molecule has 0 spiro atoms. The molecule has 0 bridgehead atoms. The van der Waals surface area contributed by atoms with Gasteiger partial charge in [-0.05, 0) is 25.3 Å². The number of aromatic nitrogens is 1. The topological polar surface area (TPSA) is 94.5 Å². The van der Waals surface area contributed by atoms with E-state index in [-0.39, 0.29) is 19.0 Å². The van der Waals surface area contributed by atoms with E-state index in [1.807, 2.05) is 41.8 Å². The summed E-state index contributed by atoms with van der Waals surface area (Å²) in [6.07, 6.45) is 1.18. The van der Waals surface area contributed by atoms with Gasteiger partial charge in [0.1, 0.15) is 0 Å². The second-order valence-corrected chi connectivity index (χ2v) is 5.82. The van der Waals surface area contributed by atoms with Crippen molar-refractivity contribution in [3.8, 4) is 11.1 Å². The minimum absolute atomic E-state index is 0.0423. The van der Waals surface area contributed by atoms with Gasteiger partial charge in [-0.3, -0.25) is 9.59 Å². The Hall–Kier alpha value is -2.60. The van der Waals surface area contributed by atoms with Gasteiger partial charge in [-0.25, -0.2) is 0 Å². The Morgan fingerprint density at radius 1 is 1.24 bits per heavy atom. The van der Waals surface area contributed by atoms with Crippen molar-refractivity contribution in [3.05, 3.63) is 47.3 Å². The van der Waals surface area contributed by atoms with Crippen LogP contribution in [0.3, 0.4) is 0 Å². The molecular weight excluding hydrogens is 320 g/mol. The Balaban J connectivity index is 2.63. The molecule has 1 aromatic carbocycles. The van der Waals surface area contributed by atoms with Gasteiger partial charge in [-0.2, -0.15) is 0 Å². The first-order valence-electron chi connectivity index (χ1n) is 8.26. The van der Waals surface area contributed by atoms with E-state index in [0.717, 1.165) is 22.5 Å². The van der Waals surface area contributed by atoms with Crippen molar-refractivity contribution < 1.29 is 19.4 Å². The van der Waals surface area contributed by atoms with E-state index in [1.54, 1.807) is 0 Å². The van der Waals surface area contributed by atoms with E-state index >= 15 is 0 Å². The van der Waals surface area contributed by atoms with Gasteiger partial charge in [-0.1, -0.05) is 30.3 Å². The minimum Gasteiger partial charge on any atom is -0.469 e.